The Morgan fingerprint density at radius 2 is 1.67 bits per heavy atom. The molecule has 0 aliphatic carbocycles. The Balaban J connectivity index is 1.93. The molecule has 1 heterocycles. The zero-order valence-corrected chi connectivity index (χ0v) is 20.4. The van der Waals surface area contributed by atoms with E-state index in [0.29, 0.717) is 17.0 Å². The molecule has 9 heteroatoms. The van der Waals surface area contributed by atoms with Gasteiger partial charge in [0.1, 0.15) is 13.2 Å². The van der Waals surface area contributed by atoms with Crippen molar-refractivity contribution in [3.05, 3.63) is 99.5 Å². The van der Waals surface area contributed by atoms with Crippen LogP contribution in [-0.4, -0.2) is 44.1 Å². The summed E-state index contributed by atoms with van der Waals surface area (Å²) in [7, 11) is 1.49. The first-order valence-corrected chi connectivity index (χ1v) is 11.3. The summed E-state index contributed by atoms with van der Waals surface area (Å²) in [6.45, 7) is 3.65. The molecule has 9 nitrogen and oxygen atoms in total. The van der Waals surface area contributed by atoms with E-state index in [1.165, 1.54) is 19.2 Å². The third kappa shape index (κ3) is 6.60. The molecular weight excluding hydrogens is 464 g/mol. The molecule has 0 amide bonds. The topological polar surface area (TPSA) is 120 Å². The summed E-state index contributed by atoms with van der Waals surface area (Å²) in [6, 6.07) is 15.6. The van der Waals surface area contributed by atoms with Crippen LogP contribution in [0.2, 0.25) is 0 Å². The number of anilines is 1. The summed E-state index contributed by atoms with van der Waals surface area (Å²) in [6.07, 6.45) is 3.55. The van der Waals surface area contributed by atoms with E-state index in [0.717, 1.165) is 5.56 Å². The highest BCUT2D eigenvalue weighted by Gasteiger charge is 2.38. The molecule has 2 N–H and O–H groups in total. The molecular formula is C27H29N2O7-. The van der Waals surface area contributed by atoms with Crippen molar-refractivity contribution in [3.8, 4) is 0 Å². The number of rotatable bonds is 10. The average molecular weight is 494 g/mol. The van der Waals surface area contributed by atoms with E-state index in [2.05, 4.69) is 5.32 Å². The van der Waals surface area contributed by atoms with Gasteiger partial charge in [-0.3, -0.25) is 5.21 Å². The maximum Gasteiger partial charge on any atom is 0.337 e. The second kappa shape index (κ2) is 12.7. The van der Waals surface area contributed by atoms with Gasteiger partial charge in [0.2, 0.25) is 0 Å². The van der Waals surface area contributed by atoms with Crippen LogP contribution < -0.4 is 10.5 Å². The molecule has 0 spiro atoms. The first-order valence-electron chi connectivity index (χ1n) is 11.3. The minimum absolute atomic E-state index is 0.0125. The highest BCUT2D eigenvalue weighted by Crippen LogP contribution is 2.40. The van der Waals surface area contributed by atoms with Gasteiger partial charge in [0, 0.05) is 18.5 Å². The van der Waals surface area contributed by atoms with Crippen molar-refractivity contribution in [2.75, 3.05) is 32.2 Å². The van der Waals surface area contributed by atoms with E-state index in [-0.39, 0.29) is 41.9 Å². The lowest BCUT2D eigenvalue weighted by molar-refractivity contribution is -0.140. The van der Waals surface area contributed by atoms with E-state index < -0.39 is 17.9 Å². The molecule has 1 atom stereocenters. The van der Waals surface area contributed by atoms with Crippen molar-refractivity contribution in [2.24, 2.45) is 0 Å². The van der Waals surface area contributed by atoms with Gasteiger partial charge >= 0.3 is 11.9 Å². The van der Waals surface area contributed by atoms with E-state index in [9.17, 15) is 20.0 Å². The predicted octanol–water partition coefficient (Wildman–Crippen LogP) is 4.06. The third-order valence-electron chi connectivity index (χ3n) is 5.57. The average Bonchev–Trinajstić information content (AvgIpc) is 2.86. The number of nitrogens with zero attached hydrogens (tertiary/aromatic N) is 1. The zero-order valence-electron chi connectivity index (χ0n) is 20.4. The molecule has 190 valence electrons. The maximum atomic E-state index is 13.3. The maximum absolute atomic E-state index is 13.3. The van der Waals surface area contributed by atoms with Crippen LogP contribution in [0.5, 0.6) is 0 Å². The Kier molecular flexibility index (Phi) is 9.40. The molecule has 0 aromatic heterocycles. The van der Waals surface area contributed by atoms with Crippen LogP contribution in [-0.2, 0) is 23.8 Å². The summed E-state index contributed by atoms with van der Waals surface area (Å²) in [4.78, 5) is 26.4. The van der Waals surface area contributed by atoms with E-state index in [4.69, 9.17) is 14.2 Å². The van der Waals surface area contributed by atoms with Crippen molar-refractivity contribution in [2.45, 2.75) is 19.8 Å². The number of ether oxygens (including phenoxy) is 3. The normalized spacial score (nSPS) is 15.6. The SMILES string of the molecule is COCCOC(=O)C1=C(C)NC(C)=C(C(=O)OC/C=C/c2ccccc2)C1c1cccc(N([O-])O)c1. The van der Waals surface area contributed by atoms with E-state index >= 15 is 0 Å². The van der Waals surface area contributed by atoms with Gasteiger partial charge in [0.25, 0.3) is 0 Å². The zero-order chi connectivity index (χ0) is 26.1. The van der Waals surface area contributed by atoms with Crippen LogP contribution in [0.1, 0.15) is 30.9 Å². The summed E-state index contributed by atoms with van der Waals surface area (Å²) in [5, 5.41) is 23.7. The molecule has 1 unspecified atom stereocenters. The number of carbonyl (C=O) groups is 2. The number of carbonyl (C=O) groups excluding carboxylic acids is 2. The summed E-state index contributed by atoms with van der Waals surface area (Å²) < 4.78 is 15.8. The van der Waals surface area contributed by atoms with Gasteiger partial charge in [-0.05, 0) is 43.2 Å². The predicted molar refractivity (Wildman–Crippen MR) is 135 cm³/mol. The number of hydrogen-bond acceptors (Lipinski definition) is 9. The molecule has 1 aliphatic heterocycles. The van der Waals surface area contributed by atoms with Gasteiger partial charge in [-0.25, -0.2) is 9.59 Å². The second-order valence-corrected chi connectivity index (χ2v) is 8.04. The lowest BCUT2D eigenvalue weighted by Crippen LogP contribution is -2.33. The van der Waals surface area contributed by atoms with Gasteiger partial charge in [0.05, 0.1) is 29.4 Å². The van der Waals surface area contributed by atoms with Crippen molar-refractivity contribution in [3.63, 3.8) is 0 Å². The molecule has 2 aromatic carbocycles. The highest BCUT2D eigenvalue weighted by molar-refractivity contribution is 6.00. The largest absolute Gasteiger partial charge is 0.733 e. The third-order valence-corrected chi connectivity index (χ3v) is 5.57. The quantitative estimate of drug-likeness (QED) is 0.287. The first kappa shape index (κ1) is 26.7. The minimum Gasteiger partial charge on any atom is -0.733 e. The standard InChI is InChI=1S/C27H29N2O7/c1-18-23(26(30)35-14-8-11-20-9-5-4-6-10-20)25(21-12-7-13-22(17-21)29(32)33)24(19(2)28-18)27(31)36-16-15-34-3/h4-13,17,25,28,32H,14-16H2,1-3H3/q-1/b11-8+. The van der Waals surface area contributed by atoms with Crippen LogP contribution in [0, 0.1) is 5.21 Å². The fourth-order valence-electron chi connectivity index (χ4n) is 3.94. The van der Waals surface area contributed by atoms with Gasteiger partial charge < -0.3 is 30.0 Å². The monoisotopic (exact) mass is 493 g/mol. The van der Waals surface area contributed by atoms with Crippen LogP contribution in [0.25, 0.3) is 6.08 Å². The summed E-state index contributed by atoms with van der Waals surface area (Å²) in [5.74, 6) is -2.17. The molecule has 0 fully saturated rings. The number of methoxy groups -OCH3 is 1. The molecule has 0 saturated heterocycles. The molecule has 36 heavy (non-hydrogen) atoms. The second-order valence-electron chi connectivity index (χ2n) is 8.04. The number of nitrogens with one attached hydrogen (secondary N) is 1. The number of esters is 2. The lowest BCUT2D eigenvalue weighted by Gasteiger charge is -2.31. The summed E-state index contributed by atoms with van der Waals surface area (Å²) >= 11 is 0. The number of dihydropyridines is 1. The summed E-state index contributed by atoms with van der Waals surface area (Å²) in [5.41, 5.74) is 2.73. The smallest absolute Gasteiger partial charge is 0.337 e. The highest BCUT2D eigenvalue weighted by atomic mass is 16.8. The number of hydrogen-bond donors (Lipinski definition) is 2. The van der Waals surface area contributed by atoms with Crippen molar-refractivity contribution >= 4 is 23.7 Å². The molecule has 1 aliphatic rings. The minimum atomic E-state index is -0.896. The van der Waals surface area contributed by atoms with E-state index in [1.54, 1.807) is 32.1 Å². The first-order chi connectivity index (χ1) is 17.3. The molecule has 0 radical (unpaired) electrons. The van der Waals surface area contributed by atoms with Crippen molar-refractivity contribution in [1.29, 1.82) is 0 Å². The number of benzene rings is 2. The van der Waals surface area contributed by atoms with Crippen LogP contribution >= 0.6 is 0 Å². The fourth-order valence-corrected chi connectivity index (χ4v) is 3.94. The molecule has 0 bridgehead atoms. The number of allylic oxidation sites excluding steroid dienone is 2. The molecule has 2 aromatic rings. The Hall–Kier alpha value is -3.92. The lowest BCUT2D eigenvalue weighted by atomic mass is 9.80. The van der Waals surface area contributed by atoms with E-state index in [1.807, 2.05) is 36.4 Å². The van der Waals surface area contributed by atoms with Crippen LogP contribution in [0.3, 0.4) is 0 Å². The molecule has 0 saturated carbocycles. The van der Waals surface area contributed by atoms with Gasteiger partial charge in [-0.2, -0.15) is 0 Å². The Morgan fingerprint density at radius 3 is 2.31 bits per heavy atom. The Labute approximate surface area is 209 Å². The van der Waals surface area contributed by atoms with Crippen molar-refractivity contribution < 1.29 is 29.0 Å². The Morgan fingerprint density at radius 1 is 1.00 bits per heavy atom. The van der Waals surface area contributed by atoms with Crippen molar-refractivity contribution in [1.82, 2.24) is 5.32 Å². The fraction of sp³-hybridized carbons (Fsp3) is 0.259. The van der Waals surface area contributed by atoms with Gasteiger partial charge in [-0.15, -0.1) is 0 Å². The molecule has 3 rings (SSSR count). The van der Waals surface area contributed by atoms with Gasteiger partial charge in [-0.1, -0.05) is 48.5 Å². The van der Waals surface area contributed by atoms with Crippen LogP contribution in [0.15, 0.2) is 83.2 Å². The Bertz CT molecular complexity index is 1170. The van der Waals surface area contributed by atoms with Crippen LogP contribution in [0.4, 0.5) is 5.69 Å². The van der Waals surface area contributed by atoms with Gasteiger partial charge in [0.15, 0.2) is 0 Å².